The lowest BCUT2D eigenvalue weighted by Crippen LogP contribution is -2.62. The molecule has 3 saturated heterocycles. The van der Waals surface area contributed by atoms with Gasteiger partial charge in [-0.2, -0.15) is 0 Å². The number of amides is 1. The van der Waals surface area contributed by atoms with Gasteiger partial charge in [-0.05, 0) is 37.5 Å². The molecule has 12 nitrogen and oxygen atoms in total. The first-order valence-electron chi connectivity index (χ1n) is 16.0. The zero-order valence-electron chi connectivity index (χ0n) is 27.1. The number of pyridine rings is 1. The van der Waals surface area contributed by atoms with E-state index >= 15 is 0 Å². The van der Waals surface area contributed by atoms with Crippen LogP contribution in [0.1, 0.15) is 38.7 Å². The predicted molar refractivity (Wildman–Crippen MR) is 181 cm³/mol. The lowest BCUT2D eigenvalue weighted by molar-refractivity contribution is -0.111. The molecule has 252 valence electrons. The summed E-state index contributed by atoms with van der Waals surface area (Å²) in [6.07, 6.45) is 3.68. The number of fused-ring (bicyclic) bond motifs is 1. The van der Waals surface area contributed by atoms with Gasteiger partial charge >= 0.3 is 0 Å². The van der Waals surface area contributed by atoms with Gasteiger partial charge in [0.15, 0.2) is 9.84 Å². The van der Waals surface area contributed by atoms with Crippen LogP contribution in [0.3, 0.4) is 0 Å². The summed E-state index contributed by atoms with van der Waals surface area (Å²) in [6.45, 7) is 11.5. The van der Waals surface area contributed by atoms with Gasteiger partial charge in [-0.15, -0.1) is 0 Å². The summed E-state index contributed by atoms with van der Waals surface area (Å²) in [4.78, 5) is 30.7. The molecular formula is C33H42FN7O5S. The monoisotopic (exact) mass is 667 g/mol. The van der Waals surface area contributed by atoms with E-state index in [1.807, 2.05) is 37.8 Å². The van der Waals surface area contributed by atoms with E-state index in [0.29, 0.717) is 48.2 Å². The first kappa shape index (κ1) is 33.0. The number of piperidine rings is 1. The predicted octanol–water partition coefficient (Wildman–Crippen LogP) is 4.22. The summed E-state index contributed by atoms with van der Waals surface area (Å²) in [6, 6.07) is 5.47. The molecule has 3 aromatic rings. The number of hydrogen-bond acceptors (Lipinski definition) is 11. The molecular weight excluding hydrogens is 625 g/mol. The SMILES string of the molecule is C=CC(=O)Nc1cc(N2CC(C3COCCS3(=O)=O)C2C)c2cnc(Nc3ccnc(N4CC[C@@H](OC)[C@@H](F)C4)c3)nc2c1C(C)C. The van der Waals surface area contributed by atoms with E-state index in [-0.39, 0.29) is 49.3 Å². The van der Waals surface area contributed by atoms with Crippen molar-refractivity contribution in [2.24, 2.45) is 5.92 Å². The Bertz CT molecular complexity index is 1770. The van der Waals surface area contributed by atoms with Crippen LogP contribution < -0.4 is 20.4 Å². The molecule has 3 aliphatic rings. The fourth-order valence-corrected chi connectivity index (χ4v) is 8.73. The van der Waals surface area contributed by atoms with Crippen molar-refractivity contribution in [3.8, 4) is 0 Å². The number of sulfone groups is 1. The van der Waals surface area contributed by atoms with E-state index in [1.165, 1.54) is 13.2 Å². The highest BCUT2D eigenvalue weighted by atomic mass is 32.2. The van der Waals surface area contributed by atoms with Gasteiger partial charge < -0.3 is 29.9 Å². The van der Waals surface area contributed by atoms with E-state index < -0.39 is 27.4 Å². The lowest BCUT2D eigenvalue weighted by atomic mass is 9.85. The highest BCUT2D eigenvalue weighted by molar-refractivity contribution is 7.92. The van der Waals surface area contributed by atoms with E-state index in [4.69, 9.17) is 14.5 Å². The Morgan fingerprint density at radius 2 is 2.06 bits per heavy atom. The van der Waals surface area contributed by atoms with Crippen molar-refractivity contribution >= 4 is 55.5 Å². The number of aromatic nitrogens is 3. The minimum atomic E-state index is -3.25. The first-order valence-corrected chi connectivity index (χ1v) is 17.7. The number of halogens is 1. The first-order chi connectivity index (χ1) is 22.5. The molecule has 14 heteroatoms. The number of anilines is 5. The zero-order chi connectivity index (χ0) is 33.5. The molecule has 2 aromatic heterocycles. The molecule has 0 spiro atoms. The lowest BCUT2D eigenvalue weighted by Gasteiger charge is -2.51. The summed E-state index contributed by atoms with van der Waals surface area (Å²) in [5.74, 6) is 0.559. The molecule has 0 aliphatic carbocycles. The van der Waals surface area contributed by atoms with Gasteiger partial charge in [0.1, 0.15) is 12.0 Å². The normalized spacial score (nSPS) is 25.8. The Labute approximate surface area is 274 Å². The van der Waals surface area contributed by atoms with Crippen LogP contribution in [0, 0.1) is 5.92 Å². The number of carbonyl (C=O) groups is 1. The highest BCUT2D eigenvalue weighted by Crippen LogP contribution is 2.44. The minimum absolute atomic E-state index is 0.0169. The van der Waals surface area contributed by atoms with Crippen LogP contribution in [0.15, 0.2) is 43.2 Å². The topological polar surface area (TPSA) is 139 Å². The number of hydrogen-bond donors (Lipinski definition) is 2. The zero-order valence-corrected chi connectivity index (χ0v) is 28.0. The third-order valence-electron chi connectivity index (χ3n) is 9.58. The molecule has 5 heterocycles. The van der Waals surface area contributed by atoms with E-state index in [1.54, 1.807) is 18.5 Å². The van der Waals surface area contributed by atoms with Crippen LogP contribution in [0.2, 0.25) is 0 Å². The largest absolute Gasteiger partial charge is 0.379 e. The molecule has 2 N–H and O–H groups in total. The molecule has 0 bridgehead atoms. The van der Waals surface area contributed by atoms with Crippen LogP contribution in [0.4, 0.5) is 33.2 Å². The van der Waals surface area contributed by atoms with Gasteiger partial charge in [0.05, 0.1) is 48.1 Å². The van der Waals surface area contributed by atoms with Crippen molar-refractivity contribution in [1.29, 1.82) is 0 Å². The van der Waals surface area contributed by atoms with Crippen LogP contribution in [0.25, 0.3) is 10.9 Å². The van der Waals surface area contributed by atoms with Crippen LogP contribution in [0.5, 0.6) is 0 Å². The fraction of sp³-hybridized carbons (Fsp3) is 0.515. The van der Waals surface area contributed by atoms with Gasteiger partial charge in [-0.1, -0.05) is 20.4 Å². The average molecular weight is 668 g/mol. The van der Waals surface area contributed by atoms with Crippen LogP contribution >= 0.6 is 0 Å². The number of carbonyl (C=O) groups excluding carboxylic acids is 1. The average Bonchev–Trinajstić information content (AvgIpc) is 3.04. The minimum Gasteiger partial charge on any atom is -0.379 e. The molecule has 3 aliphatic heterocycles. The van der Waals surface area contributed by atoms with Crippen LogP contribution in [-0.4, -0.2) is 98.6 Å². The number of nitrogens with zero attached hydrogens (tertiary/aromatic N) is 5. The number of ether oxygens (including phenoxy) is 2. The van der Waals surface area contributed by atoms with Gasteiger partial charge in [-0.3, -0.25) is 4.79 Å². The molecule has 1 amide bonds. The Balaban J connectivity index is 1.34. The summed E-state index contributed by atoms with van der Waals surface area (Å²) in [5, 5.41) is 6.49. The second kappa shape index (κ2) is 13.3. The Morgan fingerprint density at radius 1 is 1.26 bits per heavy atom. The third-order valence-corrected chi connectivity index (χ3v) is 11.7. The number of rotatable bonds is 9. The summed E-state index contributed by atoms with van der Waals surface area (Å²) >= 11 is 0. The van der Waals surface area contributed by atoms with Gasteiger partial charge in [0.2, 0.25) is 11.9 Å². The molecule has 1 aromatic carbocycles. The Morgan fingerprint density at radius 3 is 2.74 bits per heavy atom. The van der Waals surface area contributed by atoms with Crippen molar-refractivity contribution in [2.75, 3.05) is 66.1 Å². The number of alkyl halides is 1. The standard InChI is InChI=1S/C33H42FN7O5S/c1-6-30(42)38-25-14-26(41-16-23(20(41)4)28-18-46-11-12-47(28,43)44)22-15-36-33(39-32(22)31(25)19(2)3)37-21-7-9-35-29(13-21)40-10-8-27(45-5)24(34)17-40/h6-7,9,13-15,19-20,23-24,27-28H,1,8,10-12,16-18H2,2-5H3,(H,38,42)(H,35,36,37,39)/t20?,23?,24-,27+,28?/m0/s1. The fourth-order valence-electron chi connectivity index (χ4n) is 6.92. The maximum absolute atomic E-state index is 14.6. The van der Waals surface area contributed by atoms with Crippen molar-refractivity contribution in [3.63, 3.8) is 0 Å². The van der Waals surface area contributed by atoms with E-state index in [2.05, 4.69) is 32.1 Å². The number of methoxy groups -OCH3 is 1. The summed E-state index contributed by atoms with van der Waals surface area (Å²) in [5.41, 5.74) is 3.60. The Hall–Kier alpha value is -3.88. The second-order valence-electron chi connectivity index (χ2n) is 12.8. The van der Waals surface area contributed by atoms with Crippen molar-refractivity contribution in [3.05, 3.63) is 48.8 Å². The van der Waals surface area contributed by atoms with E-state index in [9.17, 15) is 17.6 Å². The molecule has 0 saturated carbocycles. The van der Waals surface area contributed by atoms with Crippen LogP contribution in [-0.2, 0) is 24.1 Å². The maximum Gasteiger partial charge on any atom is 0.247 e. The smallest absolute Gasteiger partial charge is 0.247 e. The van der Waals surface area contributed by atoms with Crippen molar-refractivity contribution < 1.29 is 27.1 Å². The maximum atomic E-state index is 14.6. The third kappa shape index (κ3) is 6.50. The summed E-state index contributed by atoms with van der Waals surface area (Å²) < 4.78 is 51.2. The number of nitrogens with one attached hydrogen (secondary N) is 2. The second-order valence-corrected chi connectivity index (χ2v) is 15.1. The van der Waals surface area contributed by atoms with Gasteiger partial charge in [0, 0.05) is 72.9 Å². The van der Waals surface area contributed by atoms with Gasteiger partial charge in [-0.25, -0.2) is 27.8 Å². The Kier molecular flexibility index (Phi) is 9.36. The molecule has 3 fully saturated rings. The summed E-state index contributed by atoms with van der Waals surface area (Å²) in [7, 11) is -1.72. The number of benzene rings is 1. The molecule has 3 unspecified atom stereocenters. The quantitative estimate of drug-likeness (QED) is 0.317. The van der Waals surface area contributed by atoms with Crippen molar-refractivity contribution in [2.45, 2.75) is 56.7 Å². The molecule has 5 atom stereocenters. The highest BCUT2D eigenvalue weighted by Gasteiger charge is 2.47. The molecule has 47 heavy (non-hydrogen) atoms. The van der Waals surface area contributed by atoms with E-state index in [0.717, 1.165) is 16.6 Å². The van der Waals surface area contributed by atoms with Crippen molar-refractivity contribution in [1.82, 2.24) is 15.0 Å². The van der Waals surface area contributed by atoms with Gasteiger partial charge in [0.25, 0.3) is 0 Å². The molecule has 6 rings (SSSR count). The molecule has 0 radical (unpaired) electrons.